The molecule has 0 saturated heterocycles. The number of carboxylic acids is 1. The van der Waals surface area contributed by atoms with Gasteiger partial charge in [0.1, 0.15) is 0 Å². The van der Waals surface area contributed by atoms with Crippen molar-refractivity contribution in [2.24, 2.45) is 0 Å². The van der Waals surface area contributed by atoms with Crippen molar-refractivity contribution in [2.45, 2.75) is 6.42 Å². The first kappa shape index (κ1) is 7.68. The summed E-state index contributed by atoms with van der Waals surface area (Å²) in [5, 5.41) is 8.37. The Morgan fingerprint density at radius 3 is 3.00 bits per heavy atom. The molecule has 0 saturated carbocycles. The van der Waals surface area contributed by atoms with Crippen molar-refractivity contribution in [1.29, 1.82) is 0 Å². The van der Waals surface area contributed by atoms with Crippen molar-refractivity contribution < 1.29 is 9.90 Å². The number of halogens is 1. The van der Waals surface area contributed by atoms with E-state index in [1.165, 1.54) is 11.5 Å². The van der Waals surface area contributed by atoms with E-state index in [1.54, 1.807) is 6.20 Å². The fourth-order valence-electron chi connectivity index (χ4n) is 0.506. The van der Waals surface area contributed by atoms with Gasteiger partial charge in [-0.15, -0.1) is 0 Å². The number of carboxylic acid groups (broad SMARTS) is 1. The first-order chi connectivity index (χ1) is 4.70. The van der Waals surface area contributed by atoms with Gasteiger partial charge in [0, 0.05) is 0 Å². The molecule has 0 spiro atoms. The second-order valence-electron chi connectivity index (χ2n) is 1.67. The molecular formula is C5H4BrNO2S. The highest BCUT2D eigenvalue weighted by molar-refractivity contribution is 9.10. The van der Waals surface area contributed by atoms with Gasteiger partial charge in [0.05, 0.1) is 22.0 Å². The molecule has 1 aromatic rings. The van der Waals surface area contributed by atoms with E-state index in [2.05, 4.69) is 20.3 Å². The maximum Gasteiger partial charge on any atom is 0.308 e. The smallest absolute Gasteiger partial charge is 0.308 e. The molecule has 0 bridgehead atoms. The van der Waals surface area contributed by atoms with Crippen LogP contribution in [0.5, 0.6) is 0 Å². The van der Waals surface area contributed by atoms with Gasteiger partial charge in [0.25, 0.3) is 0 Å². The van der Waals surface area contributed by atoms with Crippen LogP contribution >= 0.6 is 27.5 Å². The van der Waals surface area contributed by atoms with Crippen LogP contribution in [0.3, 0.4) is 0 Å². The molecule has 3 nitrogen and oxygen atoms in total. The minimum atomic E-state index is -0.829. The van der Waals surface area contributed by atoms with Crippen LogP contribution in [0, 0.1) is 0 Å². The number of aliphatic carboxylic acids is 1. The molecule has 0 aromatic carbocycles. The van der Waals surface area contributed by atoms with E-state index in [-0.39, 0.29) is 6.42 Å². The van der Waals surface area contributed by atoms with Crippen LogP contribution in [0.1, 0.15) is 4.88 Å². The third-order valence-corrected chi connectivity index (χ3v) is 2.65. The maximum atomic E-state index is 10.2. The summed E-state index contributed by atoms with van der Waals surface area (Å²) in [6.45, 7) is 0. The number of aromatic nitrogens is 1. The third kappa shape index (κ3) is 1.78. The average Bonchev–Trinajstić information content (AvgIpc) is 2.15. The Bertz CT molecular complexity index is 248. The Morgan fingerprint density at radius 2 is 2.60 bits per heavy atom. The fraction of sp³-hybridized carbons (Fsp3) is 0.200. The van der Waals surface area contributed by atoms with Crippen LogP contribution in [0.15, 0.2) is 10.7 Å². The molecule has 10 heavy (non-hydrogen) atoms. The monoisotopic (exact) mass is 221 g/mol. The number of nitrogens with zero attached hydrogens (tertiary/aromatic N) is 1. The van der Waals surface area contributed by atoms with Gasteiger partial charge < -0.3 is 5.11 Å². The minimum Gasteiger partial charge on any atom is -0.481 e. The molecule has 0 radical (unpaired) electrons. The topological polar surface area (TPSA) is 50.2 Å². The van der Waals surface area contributed by atoms with Crippen molar-refractivity contribution in [3.8, 4) is 0 Å². The second-order valence-corrected chi connectivity index (χ2v) is 3.41. The Balaban J connectivity index is 2.74. The Kier molecular flexibility index (Phi) is 2.39. The molecule has 0 fully saturated rings. The van der Waals surface area contributed by atoms with Gasteiger partial charge in [-0.25, -0.2) is 0 Å². The number of hydrogen-bond donors (Lipinski definition) is 1. The van der Waals surface area contributed by atoms with E-state index < -0.39 is 5.97 Å². The summed E-state index contributed by atoms with van der Waals surface area (Å²) < 4.78 is 4.58. The van der Waals surface area contributed by atoms with Gasteiger partial charge in [0.15, 0.2) is 0 Å². The van der Waals surface area contributed by atoms with E-state index in [1.807, 2.05) is 0 Å². The maximum absolute atomic E-state index is 10.2. The molecule has 1 heterocycles. The van der Waals surface area contributed by atoms with Crippen LogP contribution in [0.25, 0.3) is 0 Å². The van der Waals surface area contributed by atoms with Gasteiger partial charge in [-0.05, 0) is 27.5 Å². The summed E-state index contributed by atoms with van der Waals surface area (Å²) >= 11 is 4.38. The molecule has 0 aliphatic rings. The van der Waals surface area contributed by atoms with Gasteiger partial charge in [-0.2, -0.15) is 4.37 Å². The van der Waals surface area contributed by atoms with E-state index in [0.717, 1.165) is 9.35 Å². The van der Waals surface area contributed by atoms with Crippen LogP contribution in [-0.4, -0.2) is 15.4 Å². The van der Waals surface area contributed by atoms with Crippen molar-refractivity contribution in [3.63, 3.8) is 0 Å². The molecule has 1 N–H and O–H groups in total. The van der Waals surface area contributed by atoms with Crippen LogP contribution in [0.2, 0.25) is 0 Å². The van der Waals surface area contributed by atoms with E-state index in [4.69, 9.17) is 5.11 Å². The Morgan fingerprint density at radius 1 is 1.90 bits per heavy atom. The lowest BCUT2D eigenvalue weighted by atomic mass is 10.4. The lowest BCUT2D eigenvalue weighted by molar-refractivity contribution is -0.136. The highest BCUT2D eigenvalue weighted by Crippen LogP contribution is 2.19. The number of hydrogen-bond acceptors (Lipinski definition) is 3. The first-order valence-electron chi connectivity index (χ1n) is 2.51. The van der Waals surface area contributed by atoms with Crippen molar-refractivity contribution in [1.82, 2.24) is 4.37 Å². The summed E-state index contributed by atoms with van der Waals surface area (Å²) in [6, 6.07) is 0. The standard InChI is InChI=1S/C5H4BrNO2S/c6-3-2-7-10-4(3)1-5(8)9/h2H,1H2,(H,8,9). The van der Waals surface area contributed by atoms with E-state index >= 15 is 0 Å². The second kappa shape index (κ2) is 3.12. The predicted molar refractivity (Wildman–Crippen MR) is 41.2 cm³/mol. The summed E-state index contributed by atoms with van der Waals surface area (Å²) in [4.78, 5) is 10.9. The lowest BCUT2D eigenvalue weighted by Crippen LogP contribution is -1.97. The van der Waals surface area contributed by atoms with Gasteiger partial charge in [0.2, 0.25) is 0 Å². The van der Waals surface area contributed by atoms with Crippen LogP contribution < -0.4 is 0 Å². The van der Waals surface area contributed by atoms with E-state index in [0.29, 0.717) is 0 Å². The highest BCUT2D eigenvalue weighted by Gasteiger charge is 2.06. The zero-order valence-corrected chi connectivity index (χ0v) is 7.28. The molecule has 0 amide bonds. The first-order valence-corrected chi connectivity index (χ1v) is 4.07. The van der Waals surface area contributed by atoms with Gasteiger partial charge in [-0.3, -0.25) is 4.79 Å². The molecule has 5 heteroatoms. The van der Waals surface area contributed by atoms with Crippen molar-refractivity contribution in [2.75, 3.05) is 0 Å². The molecular weight excluding hydrogens is 218 g/mol. The largest absolute Gasteiger partial charge is 0.481 e. The van der Waals surface area contributed by atoms with Crippen LogP contribution in [-0.2, 0) is 11.2 Å². The molecule has 1 rings (SSSR count). The minimum absolute atomic E-state index is 0.0469. The Hall–Kier alpha value is -0.420. The summed E-state index contributed by atoms with van der Waals surface area (Å²) in [5.41, 5.74) is 0. The highest BCUT2D eigenvalue weighted by atomic mass is 79.9. The zero-order chi connectivity index (χ0) is 7.56. The Labute approximate surface area is 70.0 Å². The predicted octanol–water partition coefficient (Wildman–Crippen LogP) is 1.53. The SMILES string of the molecule is O=C(O)Cc1sncc1Br. The summed E-state index contributed by atoms with van der Waals surface area (Å²) in [6.07, 6.45) is 1.65. The lowest BCUT2D eigenvalue weighted by Gasteiger charge is -1.88. The number of carbonyl (C=O) groups is 1. The van der Waals surface area contributed by atoms with Crippen LogP contribution in [0.4, 0.5) is 0 Å². The molecule has 0 aliphatic carbocycles. The molecule has 0 atom stereocenters. The average molecular weight is 222 g/mol. The normalized spacial score (nSPS) is 9.70. The fourth-order valence-corrected chi connectivity index (χ4v) is 1.71. The van der Waals surface area contributed by atoms with Gasteiger partial charge >= 0.3 is 5.97 Å². The molecule has 54 valence electrons. The van der Waals surface area contributed by atoms with Crippen molar-refractivity contribution >= 4 is 33.4 Å². The number of rotatable bonds is 2. The quantitative estimate of drug-likeness (QED) is 0.825. The van der Waals surface area contributed by atoms with E-state index in [9.17, 15) is 4.79 Å². The molecule has 0 unspecified atom stereocenters. The molecule has 1 aromatic heterocycles. The van der Waals surface area contributed by atoms with Gasteiger partial charge in [-0.1, -0.05) is 0 Å². The molecule has 0 aliphatic heterocycles. The third-order valence-electron chi connectivity index (χ3n) is 0.907. The summed E-state index contributed by atoms with van der Waals surface area (Å²) in [7, 11) is 0. The summed E-state index contributed by atoms with van der Waals surface area (Å²) in [5.74, 6) is -0.829. The van der Waals surface area contributed by atoms with Crippen molar-refractivity contribution in [3.05, 3.63) is 15.5 Å². The zero-order valence-electron chi connectivity index (χ0n) is 4.87.